The first-order valence-corrected chi connectivity index (χ1v) is 7.89. The molecule has 0 spiro atoms. The van der Waals surface area contributed by atoms with Gasteiger partial charge in [0, 0.05) is 34.1 Å². The van der Waals surface area contributed by atoms with E-state index in [0.717, 1.165) is 27.1 Å². The molecule has 5 heteroatoms. The number of aromatic nitrogens is 1. The summed E-state index contributed by atoms with van der Waals surface area (Å²) in [5, 5.41) is 12.5. The lowest BCUT2D eigenvalue weighted by Crippen LogP contribution is -2.22. The Bertz CT molecular complexity index is 818. The minimum Gasteiger partial charge on any atom is -0.480 e. The van der Waals surface area contributed by atoms with E-state index in [-0.39, 0.29) is 0 Å². The van der Waals surface area contributed by atoms with Gasteiger partial charge >= 0.3 is 5.97 Å². The smallest absolute Gasteiger partial charge is 0.328 e. The first-order valence-electron chi connectivity index (χ1n) is 7.01. The van der Waals surface area contributed by atoms with Gasteiger partial charge in [0.15, 0.2) is 6.04 Å². The largest absolute Gasteiger partial charge is 0.480 e. The number of rotatable bonds is 5. The van der Waals surface area contributed by atoms with Crippen molar-refractivity contribution in [2.75, 3.05) is 0 Å². The summed E-state index contributed by atoms with van der Waals surface area (Å²) in [6, 6.07) is 11.0. The molecule has 2 aromatic heterocycles. The van der Waals surface area contributed by atoms with Crippen LogP contribution in [0.15, 0.2) is 53.0 Å². The molecular formula is C17H16N2O2S. The summed E-state index contributed by atoms with van der Waals surface area (Å²) in [7, 11) is 0. The third kappa shape index (κ3) is 2.94. The summed E-state index contributed by atoms with van der Waals surface area (Å²) in [4.78, 5) is 20.1. The molecule has 4 nitrogen and oxygen atoms in total. The van der Waals surface area contributed by atoms with Gasteiger partial charge in [-0.15, -0.1) is 11.3 Å². The molecular weight excluding hydrogens is 296 g/mol. The molecule has 1 aromatic carbocycles. The maximum atomic E-state index is 11.6. The lowest BCUT2D eigenvalue weighted by Gasteiger charge is -2.08. The SMILES string of the molecule is CC(=NC(Cc1c[nH]c2ccccc12)C(=O)O)c1cccs1. The summed E-state index contributed by atoms with van der Waals surface area (Å²) in [6.45, 7) is 1.86. The van der Waals surface area contributed by atoms with E-state index in [4.69, 9.17) is 0 Å². The number of hydrogen-bond acceptors (Lipinski definition) is 3. The number of carboxylic acid groups (broad SMARTS) is 1. The summed E-state index contributed by atoms with van der Waals surface area (Å²) in [5.74, 6) is -0.902. The van der Waals surface area contributed by atoms with E-state index in [0.29, 0.717) is 6.42 Å². The molecule has 3 aromatic rings. The predicted octanol–water partition coefficient (Wildman–Crippen LogP) is 3.73. The summed E-state index contributed by atoms with van der Waals surface area (Å²) in [5.41, 5.74) is 2.76. The van der Waals surface area contributed by atoms with Crippen molar-refractivity contribution in [2.24, 2.45) is 4.99 Å². The van der Waals surface area contributed by atoms with Crippen LogP contribution in [0, 0.1) is 0 Å². The molecule has 0 aliphatic carbocycles. The molecule has 112 valence electrons. The highest BCUT2D eigenvalue weighted by molar-refractivity contribution is 7.12. The Morgan fingerprint density at radius 3 is 2.86 bits per heavy atom. The van der Waals surface area contributed by atoms with Crippen LogP contribution in [0.3, 0.4) is 0 Å². The highest BCUT2D eigenvalue weighted by Crippen LogP contribution is 2.20. The molecule has 0 saturated carbocycles. The molecule has 0 amide bonds. The van der Waals surface area contributed by atoms with Crippen molar-refractivity contribution >= 4 is 33.9 Å². The molecule has 0 bridgehead atoms. The fourth-order valence-electron chi connectivity index (χ4n) is 2.48. The second-order valence-corrected chi connectivity index (χ2v) is 6.06. The van der Waals surface area contributed by atoms with Gasteiger partial charge in [0.05, 0.1) is 0 Å². The number of nitrogens with zero attached hydrogens (tertiary/aromatic N) is 1. The number of aliphatic carboxylic acids is 1. The van der Waals surface area contributed by atoms with Gasteiger partial charge in [-0.3, -0.25) is 4.99 Å². The standard InChI is InChI=1S/C17H16N2O2S/c1-11(16-7-4-8-22-16)19-15(17(20)21)9-12-10-18-14-6-3-2-5-13(12)14/h2-8,10,15,18H,9H2,1H3,(H,20,21). The van der Waals surface area contributed by atoms with Gasteiger partial charge in [-0.1, -0.05) is 24.3 Å². The van der Waals surface area contributed by atoms with Crippen LogP contribution in [0.25, 0.3) is 10.9 Å². The van der Waals surface area contributed by atoms with E-state index >= 15 is 0 Å². The number of benzene rings is 1. The topological polar surface area (TPSA) is 65.5 Å². The van der Waals surface area contributed by atoms with Crippen molar-refractivity contribution in [2.45, 2.75) is 19.4 Å². The fraction of sp³-hybridized carbons (Fsp3) is 0.176. The second kappa shape index (κ2) is 6.15. The van der Waals surface area contributed by atoms with E-state index in [1.807, 2.05) is 54.9 Å². The molecule has 22 heavy (non-hydrogen) atoms. The molecule has 1 unspecified atom stereocenters. The number of aliphatic imine (C=N–C) groups is 1. The maximum absolute atomic E-state index is 11.6. The van der Waals surface area contributed by atoms with Crippen molar-refractivity contribution in [3.8, 4) is 0 Å². The zero-order valence-corrected chi connectivity index (χ0v) is 12.9. The van der Waals surface area contributed by atoms with Crippen LogP contribution in [0.4, 0.5) is 0 Å². The highest BCUT2D eigenvalue weighted by Gasteiger charge is 2.19. The molecule has 2 heterocycles. The predicted molar refractivity (Wildman–Crippen MR) is 90.0 cm³/mol. The van der Waals surface area contributed by atoms with Gasteiger partial charge < -0.3 is 10.1 Å². The third-order valence-corrected chi connectivity index (χ3v) is 4.58. The Labute approximate surface area is 132 Å². The van der Waals surface area contributed by atoms with Crippen LogP contribution in [-0.2, 0) is 11.2 Å². The number of aromatic amines is 1. The van der Waals surface area contributed by atoms with E-state index in [1.54, 1.807) is 11.3 Å². The number of hydrogen-bond donors (Lipinski definition) is 2. The normalized spacial score (nSPS) is 13.4. The van der Waals surface area contributed by atoms with Crippen molar-refractivity contribution in [1.82, 2.24) is 4.98 Å². The average Bonchev–Trinajstić information content (AvgIpc) is 3.16. The maximum Gasteiger partial charge on any atom is 0.328 e. The Kier molecular flexibility index (Phi) is 4.06. The summed E-state index contributed by atoms with van der Waals surface area (Å²) < 4.78 is 0. The number of carbonyl (C=O) groups is 1. The molecule has 0 saturated heterocycles. The monoisotopic (exact) mass is 312 g/mol. The minimum atomic E-state index is -0.902. The lowest BCUT2D eigenvalue weighted by molar-refractivity contribution is -0.138. The van der Waals surface area contributed by atoms with Crippen LogP contribution in [0.2, 0.25) is 0 Å². The van der Waals surface area contributed by atoms with Crippen molar-refractivity contribution in [1.29, 1.82) is 0 Å². The molecule has 0 radical (unpaired) electrons. The lowest BCUT2D eigenvalue weighted by atomic mass is 10.1. The molecule has 3 rings (SSSR count). The van der Waals surface area contributed by atoms with Crippen molar-refractivity contribution < 1.29 is 9.90 Å². The average molecular weight is 312 g/mol. The van der Waals surface area contributed by atoms with Crippen molar-refractivity contribution in [3.63, 3.8) is 0 Å². The Morgan fingerprint density at radius 2 is 2.14 bits per heavy atom. The number of nitrogens with one attached hydrogen (secondary N) is 1. The van der Waals surface area contributed by atoms with E-state index in [9.17, 15) is 9.90 Å². The molecule has 1 atom stereocenters. The van der Waals surface area contributed by atoms with Gasteiger partial charge in [-0.2, -0.15) is 0 Å². The Morgan fingerprint density at radius 1 is 1.32 bits per heavy atom. The van der Waals surface area contributed by atoms with Gasteiger partial charge in [0.25, 0.3) is 0 Å². The first-order chi connectivity index (χ1) is 10.6. The van der Waals surface area contributed by atoms with Crippen molar-refractivity contribution in [3.05, 3.63) is 58.4 Å². The second-order valence-electron chi connectivity index (χ2n) is 5.11. The number of carboxylic acids is 1. The Balaban J connectivity index is 1.89. The van der Waals surface area contributed by atoms with Gasteiger partial charge in [-0.25, -0.2) is 4.79 Å². The molecule has 0 fully saturated rings. The number of fused-ring (bicyclic) bond motifs is 1. The van der Waals surface area contributed by atoms with Crippen LogP contribution in [-0.4, -0.2) is 27.8 Å². The quantitative estimate of drug-likeness (QED) is 0.705. The first kappa shape index (κ1) is 14.5. The minimum absolute atomic E-state index is 0.377. The summed E-state index contributed by atoms with van der Waals surface area (Å²) in [6.07, 6.45) is 2.25. The van der Waals surface area contributed by atoms with Crippen LogP contribution in [0.1, 0.15) is 17.4 Å². The van der Waals surface area contributed by atoms with Gasteiger partial charge in [-0.05, 0) is 30.0 Å². The van der Waals surface area contributed by atoms with E-state index in [2.05, 4.69) is 9.98 Å². The Hall–Kier alpha value is -2.40. The number of thiophene rings is 1. The van der Waals surface area contributed by atoms with Crippen LogP contribution in [0.5, 0.6) is 0 Å². The zero-order chi connectivity index (χ0) is 15.5. The molecule has 0 aliphatic heterocycles. The molecule has 2 N–H and O–H groups in total. The van der Waals surface area contributed by atoms with E-state index < -0.39 is 12.0 Å². The third-order valence-electron chi connectivity index (χ3n) is 3.60. The highest BCUT2D eigenvalue weighted by atomic mass is 32.1. The summed E-state index contributed by atoms with van der Waals surface area (Å²) >= 11 is 1.57. The fourth-order valence-corrected chi connectivity index (χ4v) is 3.16. The zero-order valence-electron chi connectivity index (χ0n) is 12.1. The number of para-hydroxylation sites is 1. The van der Waals surface area contributed by atoms with E-state index in [1.165, 1.54) is 0 Å². The van der Waals surface area contributed by atoms with Crippen LogP contribution >= 0.6 is 11.3 Å². The van der Waals surface area contributed by atoms with Gasteiger partial charge in [0.1, 0.15) is 0 Å². The van der Waals surface area contributed by atoms with Gasteiger partial charge in [0.2, 0.25) is 0 Å². The number of H-pyrrole nitrogens is 1. The van der Waals surface area contributed by atoms with Crippen LogP contribution < -0.4 is 0 Å². The molecule has 0 aliphatic rings.